The van der Waals surface area contributed by atoms with E-state index in [0.717, 1.165) is 0 Å². The molecule has 128 valence electrons. The molecule has 0 radical (unpaired) electrons. The van der Waals surface area contributed by atoms with Gasteiger partial charge in [0, 0.05) is 5.02 Å². The van der Waals surface area contributed by atoms with Crippen LogP contribution in [0.4, 0.5) is 0 Å². The molecule has 2 aromatic carbocycles. The van der Waals surface area contributed by atoms with Gasteiger partial charge in [-0.2, -0.15) is 4.72 Å². The highest BCUT2D eigenvalue weighted by Crippen LogP contribution is 2.27. The number of carbonyl (C=O) groups is 1. The first-order chi connectivity index (χ1) is 11.3. The molecular weight excluding hydrogens is 373 g/mol. The van der Waals surface area contributed by atoms with E-state index in [0.29, 0.717) is 5.56 Å². The fraction of sp³-hybridized carbons (Fsp3) is 0.188. The average molecular weight is 388 g/mol. The number of benzene rings is 2. The largest absolute Gasteiger partial charge is 0.465 e. The predicted molar refractivity (Wildman–Crippen MR) is 92.6 cm³/mol. The maximum Gasteiger partial charge on any atom is 0.328 e. The summed E-state index contributed by atoms with van der Waals surface area (Å²) in [5.41, 5.74) is 0.456. The average Bonchev–Trinajstić information content (AvgIpc) is 2.56. The zero-order valence-corrected chi connectivity index (χ0v) is 15.0. The summed E-state index contributed by atoms with van der Waals surface area (Å²) in [4.78, 5) is 12.0. The van der Waals surface area contributed by atoms with Crippen molar-refractivity contribution in [2.75, 3.05) is 6.61 Å². The predicted octanol–water partition coefficient (Wildman–Crippen LogP) is 3.58. The molecular formula is C16H15Cl2NO4S. The SMILES string of the molecule is CCOC(=O)C(NS(=O)(=O)c1cc(Cl)ccc1Cl)c1ccccc1. The minimum Gasteiger partial charge on any atom is -0.465 e. The second kappa shape index (κ2) is 7.98. The van der Waals surface area contributed by atoms with Crippen molar-refractivity contribution in [3.8, 4) is 0 Å². The third kappa shape index (κ3) is 4.48. The number of esters is 1. The Morgan fingerprint density at radius 1 is 1.17 bits per heavy atom. The zero-order chi connectivity index (χ0) is 17.7. The smallest absolute Gasteiger partial charge is 0.328 e. The molecule has 0 bridgehead atoms. The Morgan fingerprint density at radius 3 is 2.46 bits per heavy atom. The summed E-state index contributed by atoms with van der Waals surface area (Å²) in [5, 5.41) is 0.217. The number of nitrogens with one attached hydrogen (secondary N) is 1. The van der Waals surface area contributed by atoms with Crippen molar-refractivity contribution in [3.63, 3.8) is 0 Å². The summed E-state index contributed by atoms with van der Waals surface area (Å²) in [7, 11) is -4.09. The molecule has 2 aromatic rings. The summed E-state index contributed by atoms with van der Waals surface area (Å²) in [6, 6.07) is 11.3. The summed E-state index contributed by atoms with van der Waals surface area (Å²) < 4.78 is 32.6. The Bertz CT molecular complexity index is 825. The zero-order valence-electron chi connectivity index (χ0n) is 12.7. The van der Waals surface area contributed by atoms with Crippen molar-refractivity contribution in [2.24, 2.45) is 0 Å². The minimum absolute atomic E-state index is 0.00238. The number of ether oxygens (including phenoxy) is 1. The topological polar surface area (TPSA) is 72.5 Å². The van der Waals surface area contributed by atoms with Gasteiger partial charge >= 0.3 is 5.97 Å². The van der Waals surface area contributed by atoms with Crippen LogP contribution in [0.3, 0.4) is 0 Å². The first kappa shape index (κ1) is 18.7. The van der Waals surface area contributed by atoms with E-state index in [-0.39, 0.29) is 21.5 Å². The number of halogens is 2. The Morgan fingerprint density at radius 2 is 1.83 bits per heavy atom. The monoisotopic (exact) mass is 387 g/mol. The molecule has 0 aliphatic carbocycles. The molecule has 2 rings (SSSR count). The third-order valence-electron chi connectivity index (χ3n) is 3.11. The lowest BCUT2D eigenvalue weighted by atomic mass is 10.1. The molecule has 24 heavy (non-hydrogen) atoms. The van der Waals surface area contributed by atoms with Crippen molar-refractivity contribution >= 4 is 39.2 Å². The van der Waals surface area contributed by atoms with Crippen LogP contribution in [0.15, 0.2) is 53.4 Å². The van der Waals surface area contributed by atoms with Gasteiger partial charge in [0.2, 0.25) is 10.0 Å². The van der Waals surface area contributed by atoms with Gasteiger partial charge in [0.05, 0.1) is 11.6 Å². The first-order valence-electron chi connectivity index (χ1n) is 7.04. The first-order valence-corrected chi connectivity index (χ1v) is 9.28. The maximum atomic E-state index is 12.6. The van der Waals surface area contributed by atoms with Crippen LogP contribution >= 0.6 is 23.2 Å². The second-order valence-electron chi connectivity index (χ2n) is 4.79. The van der Waals surface area contributed by atoms with Crippen molar-refractivity contribution in [1.82, 2.24) is 4.72 Å². The molecule has 0 fully saturated rings. The molecule has 0 aliphatic rings. The Kier molecular flexibility index (Phi) is 6.23. The Hall–Kier alpha value is -1.60. The molecule has 8 heteroatoms. The van der Waals surface area contributed by atoms with Crippen LogP contribution in [-0.2, 0) is 19.6 Å². The van der Waals surface area contributed by atoms with Crippen LogP contribution < -0.4 is 4.72 Å². The van der Waals surface area contributed by atoms with E-state index in [1.54, 1.807) is 37.3 Å². The lowest BCUT2D eigenvalue weighted by Gasteiger charge is -2.18. The van der Waals surface area contributed by atoms with Gasteiger partial charge in [0.15, 0.2) is 0 Å². The summed E-state index contributed by atoms with van der Waals surface area (Å²) in [6.07, 6.45) is 0. The molecule has 0 aromatic heterocycles. The van der Waals surface area contributed by atoms with Gasteiger partial charge in [-0.1, -0.05) is 53.5 Å². The molecule has 0 spiro atoms. The van der Waals surface area contributed by atoms with Crippen LogP contribution in [0.2, 0.25) is 10.0 Å². The molecule has 0 amide bonds. The quantitative estimate of drug-likeness (QED) is 0.768. The number of sulfonamides is 1. The van der Waals surface area contributed by atoms with E-state index in [1.165, 1.54) is 18.2 Å². The van der Waals surface area contributed by atoms with E-state index >= 15 is 0 Å². The Balaban J connectivity index is 2.41. The van der Waals surface area contributed by atoms with Crippen molar-refractivity contribution in [1.29, 1.82) is 0 Å². The highest BCUT2D eigenvalue weighted by Gasteiger charge is 2.29. The maximum absolute atomic E-state index is 12.6. The van der Waals surface area contributed by atoms with Gasteiger partial charge in [-0.25, -0.2) is 13.2 Å². The summed E-state index contributed by atoms with van der Waals surface area (Å²) >= 11 is 11.8. The molecule has 0 heterocycles. The van der Waals surface area contributed by atoms with Gasteiger partial charge in [-0.3, -0.25) is 0 Å². The highest BCUT2D eigenvalue weighted by atomic mass is 35.5. The fourth-order valence-electron chi connectivity index (χ4n) is 2.03. The van der Waals surface area contributed by atoms with Gasteiger partial charge in [0.25, 0.3) is 0 Å². The normalized spacial score (nSPS) is 12.6. The molecule has 1 N–H and O–H groups in total. The second-order valence-corrected chi connectivity index (χ2v) is 7.32. The lowest BCUT2D eigenvalue weighted by Crippen LogP contribution is -2.35. The van der Waals surface area contributed by atoms with Crippen LogP contribution in [0.25, 0.3) is 0 Å². The molecule has 0 aliphatic heterocycles. The van der Waals surface area contributed by atoms with Gasteiger partial charge in [-0.05, 0) is 30.7 Å². The van der Waals surface area contributed by atoms with Gasteiger partial charge in [-0.15, -0.1) is 0 Å². The van der Waals surface area contributed by atoms with Crippen molar-refractivity contribution in [2.45, 2.75) is 17.9 Å². The molecule has 0 saturated carbocycles. The minimum atomic E-state index is -4.09. The van der Waals surface area contributed by atoms with Crippen LogP contribution in [0, 0.1) is 0 Å². The molecule has 1 unspecified atom stereocenters. The van der Waals surface area contributed by atoms with E-state index in [2.05, 4.69) is 4.72 Å². The van der Waals surface area contributed by atoms with Gasteiger partial charge in [0.1, 0.15) is 10.9 Å². The summed E-state index contributed by atoms with van der Waals surface area (Å²) in [5.74, 6) is -0.703. The highest BCUT2D eigenvalue weighted by molar-refractivity contribution is 7.89. The van der Waals surface area contributed by atoms with Crippen molar-refractivity contribution in [3.05, 3.63) is 64.1 Å². The number of hydrogen-bond donors (Lipinski definition) is 1. The molecule has 0 saturated heterocycles. The number of carbonyl (C=O) groups excluding carboxylic acids is 1. The number of rotatable bonds is 6. The Labute approximate surface area is 150 Å². The summed E-state index contributed by atoms with van der Waals surface area (Å²) in [6.45, 7) is 1.77. The van der Waals surface area contributed by atoms with Crippen LogP contribution in [0.5, 0.6) is 0 Å². The molecule has 5 nitrogen and oxygen atoms in total. The van der Waals surface area contributed by atoms with Crippen LogP contribution in [0.1, 0.15) is 18.5 Å². The standard InChI is InChI=1S/C16H15Cl2NO4S/c1-2-23-16(20)15(11-6-4-3-5-7-11)19-24(21,22)14-10-12(17)8-9-13(14)18/h3-10,15,19H,2H2,1H3. The number of hydrogen-bond acceptors (Lipinski definition) is 4. The third-order valence-corrected chi connectivity index (χ3v) is 5.25. The lowest BCUT2D eigenvalue weighted by molar-refractivity contribution is -0.145. The van der Waals surface area contributed by atoms with Gasteiger partial charge < -0.3 is 4.74 Å². The fourth-order valence-corrected chi connectivity index (χ4v) is 3.96. The van der Waals surface area contributed by atoms with Crippen molar-refractivity contribution < 1.29 is 17.9 Å². The van der Waals surface area contributed by atoms with E-state index in [1.807, 2.05) is 0 Å². The van der Waals surface area contributed by atoms with E-state index in [4.69, 9.17) is 27.9 Å². The van der Waals surface area contributed by atoms with Crippen LogP contribution in [-0.4, -0.2) is 21.0 Å². The van der Waals surface area contributed by atoms with E-state index in [9.17, 15) is 13.2 Å². The molecule has 1 atom stereocenters. The van der Waals surface area contributed by atoms with E-state index < -0.39 is 22.0 Å².